The maximum absolute atomic E-state index is 10.9. The summed E-state index contributed by atoms with van der Waals surface area (Å²) in [5, 5.41) is 25.1. The van der Waals surface area contributed by atoms with E-state index in [1.165, 1.54) is 0 Å². The summed E-state index contributed by atoms with van der Waals surface area (Å²) in [6, 6.07) is 12.6. The van der Waals surface area contributed by atoms with Gasteiger partial charge in [0, 0.05) is 12.1 Å². The van der Waals surface area contributed by atoms with Crippen LogP contribution in [0.25, 0.3) is 10.8 Å². The topological polar surface area (TPSA) is 98.0 Å². The smallest absolute Gasteiger partial charge is 0.244 e. The van der Waals surface area contributed by atoms with Crippen LogP contribution < -0.4 is 6.15 Å². The van der Waals surface area contributed by atoms with Gasteiger partial charge in [0.25, 0.3) is 0 Å². The van der Waals surface area contributed by atoms with Gasteiger partial charge < -0.3 is 16.6 Å². The second kappa shape index (κ2) is 4.39. The van der Waals surface area contributed by atoms with E-state index in [9.17, 15) is 10.4 Å². The molecule has 2 aromatic rings. The molecular weight excluding hydrogens is 194 g/mol. The van der Waals surface area contributed by atoms with Gasteiger partial charge in [0.05, 0.1) is 0 Å². The van der Waals surface area contributed by atoms with Crippen LogP contribution in [0.2, 0.25) is 0 Å². The molecule has 0 aliphatic heterocycles. The standard InChI is InChI=1S/C10H8N2O2.H3N/c13-11-12(14)10-6-5-8-3-1-2-4-9(8)7-10;/h1-7,13H;1H3/b12-11-;. The minimum atomic E-state index is 0. The zero-order valence-electron chi connectivity index (χ0n) is 8.25. The van der Waals surface area contributed by atoms with E-state index in [-0.39, 0.29) is 16.7 Å². The maximum atomic E-state index is 10.9. The summed E-state index contributed by atoms with van der Waals surface area (Å²) in [5.74, 6) is 0. The Hall–Kier alpha value is -2.14. The fourth-order valence-electron chi connectivity index (χ4n) is 1.34. The van der Waals surface area contributed by atoms with Crippen LogP contribution in [0.3, 0.4) is 0 Å². The molecule has 0 heterocycles. The van der Waals surface area contributed by atoms with E-state index < -0.39 is 0 Å². The van der Waals surface area contributed by atoms with Crippen LogP contribution in [0.1, 0.15) is 0 Å². The molecule has 2 aromatic carbocycles. The molecule has 0 amide bonds. The molecular formula is C10H11N3O2. The average molecular weight is 205 g/mol. The van der Waals surface area contributed by atoms with Crippen molar-refractivity contribution in [1.82, 2.24) is 6.15 Å². The zero-order valence-corrected chi connectivity index (χ0v) is 8.25. The highest BCUT2D eigenvalue weighted by Gasteiger charge is 2.02. The fourth-order valence-corrected chi connectivity index (χ4v) is 1.34. The Morgan fingerprint density at radius 3 is 2.33 bits per heavy atom. The molecule has 0 aliphatic carbocycles. The first-order chi connectivity index (χ1) is 6.81. The quantitative estimate of drug-likeness (QED) is 0.438. The Balaban J connectivity index is 0.00000112. The number of benzene rings is 2. The highest BCUT2D eigenvalue weighted by Crippen LogP contribution is 2.20. The lowest BCUT2D eigenvalue weighted by Crippen LogP contribution is -1.88. The Bertz CT molecular complexity index is 497. The Labute approximate surface area is 86.4 Å². The van der Waals surface area contributed by atoms with Gasteiger partial charge in [-0.3, -0.25) is 0 Å². The molecule has 0 bridgehead atoms. The van der Waals surface area contributed by atoms with Crippen LogP contribution in [0.15, 0.2) is 47.7 Å². The van der Waals surface area contributed by atoms with Crippen molar-refractivity contribution >= 4 is 16.5 Å². The van der Waals surface area contributed by atoms with Crippen molar-refractivity contribution in [1.29, 1.82) is 0 Å². The van der Waals surface area contributed by atoms with Crippen molar-refractivity contribution < 1.29 is 4.86 Å². The maximum Gasteiger partial charge on any atom is 0.244 e. The Morgan fingerprint density at radius 1 is 1.00 bits per heavy atom. The minimum Gasteiger partial charge on any atom is -0.739 e. The van der Waals surface area contributed by atoms with E-state index in [0.29, 0.717) is 0 Å². The molecule has 0 saturated heterocycles. The summed E-state index contributed by atoms with van der Waals surface area (Å²) >= 11 is 0. The second-order valence-electron chi connectivity index (χ2n) is 2.89. The van der Waals surface area contributed by atoms with Gasteiger partial charge in [-0.15, -0.1) is 0 Å². The number of hydrogen-bond donors (Lipinski definition) is 1. The molecule has 0 atom stereocenters. The number of nitrogens with zero attached hydrogens (tertiary/aromatic N) is 2. The average Bonchev–Trinajstić information content (AvgIpc) is 2.27. The fraction of sp³-hybridized carbons (Fsp3) is 0. The van der Waals surface area contributed by atoms with Gasteiger partial charge in [0.2, 0.25) is 5.69 Å². The van der Waals surface area contributed by atoms with E-state index in [0.717, 1.165) is 10.8 Å². The summed E-state index contributed by atoms with van der Waals surface area (Å²) in [6.45, 7) is 0. The molecule has 0 unspecified atom stereocenters. The van der Waals surface area contributed by atoms with Crippen LogP contribution in [0, 0.1) is 10.4 Å². The third-order valence-corrected chi connectivity index (χ3v) is 2.03. The number of rotatable bonds is 1. The van der Waals surface area contributed by atoms with Crippen molar-refractivity contribution in [2.75, 3.05) is 0 Å². The molecule has 0 spiro atoms. The van der Waals surface area contributed by atoms with Crippen molar-refractivity contribution in [2.24, 2.45) is 5.28 Å². The van der Waals surface area contributed by atoms with Gasteiger partial charge in [0.1, 0.15) is 0 Å². The molecule has 0 aromatic heterocycles. The minimum absolute atomic E-state index is 0. The highest BCUT2D eigenvalue weighted by atomic mass is 16.6. The van der Waals surface area contributed by atoms with Crippen LogP contribution >= 0.6 is 0 Å². The summed E-state index contributed by atoms with van der Waals surface area (Å²) in [7, 11) is 0. The van der Waals surface area contributed by atoms with Crippen molar-refractivity contribution in [2.45, 2.75) is 0 Å². The lowest BCUT2D eigenvalue weighted by molar-refractivity contribution is -0.436. The van der Waals surface area contributed by atoms with E-state index in [2.05, 4.69) is 5.28 Å². The first-order valence-corrected chi connectivity index (χ1v) is 4.10. The molecule has 4 N–H and O–H groups in total. The summed E-state index contributed by atoms with van der Waals surface area (Å²) < 4.78 is 0. The highest BCUT2D eigenvalue weighted by molar-refractivity contribution is 5.84. The van der Waals surface area contributed by atoms with Gasteiger partial charge in [-0.1, -0.05) is 29.1 Å². The van der Waals surface area contributed by atoms with Crippen LogP contribution in [-0.2, 0) is 0 Å². The lowest BCUT2D eigenvalue weighted by Gasteiger charge is -2.02. The van der Waals surface area contributed by atoms with Crippen LogP contribution in [-0.4, -0.2) is 4.86 Å². The van der Waals surface area contributed by atoms with Crippen molar-refractivity contribution in [3.8, 4) is 0 Å². The van der Waals surface area contributed by atoms with E-state index in [1.54, 1.807) is 18.2 Å². The molecule has 78 valence electrons. The van der Waals surface area contributed by atoms with Crippen LogP contribution in [0.5, 0.6) is 0 Å². The monoisotopic (exact) mass is 205 g/mol. The number of quaternary nitrogens is 1. The number of fused-ring (bicyclic) bond motifs is 1. The van der Waals surface area contributed by atoms with Crippen molar-refractivity contribution in [3.05, 3.63) is 52.9 Å². The summed E-state index contributed by atoms with van der Waals surface area (Å²) in [5.41, 5.74) is 0.249. The summed E-state index contributed by atoms with van der Waals surface area (Å²) in [6.07, 6.45) is 0. The van der Waals surface area contributed by atoms with E-state index in [1.807, 2.05) is 24.3 Å². The summed E-state index contributed by atoms with van der Waals surface area (Å²) in [4.78, 5) is 0.0619. The molecule has 0 fully saturated rings. The third kappa shape index (κ3) is 2.03. The molecule has 0 saturated carbocycles. The normalized spacial score (nSPS) is 11.1. The lowest BCUT2D eigenvalue weighted by atomic mass is 10.1. The zero-order chi connectivity index (χ0) is 9.97. The Kier molecular flexibility index (Phi) is 3.20. The van der Waals surface area contributed by atoms with Gasteiger partial charge in [-0.2, -0.15) is 0 Å². The van der Waals surface area contributed by atoms with Gasteiger partial charge in [-0.05, 0) is 22.1 Å². The van der Waals surface area contributed by atoms with Crippen molar-refractivity contribution in [3.63, 3.8) is 0 Å². The third-order valence-electron chi connectivity index (χ3n) is 2.03. The molecule has 2 rings (SSSR count). The van der Waals surface area contributed by atoms with Gasteiger partial charge >= 0.3 is 0 Å². The van der Waals surface area contributed by atoms with Crippen LogP contribution in [0.4, 0.5) is 5.69 Å². The largest absolute Gasteiger partial charge is 0.739 e. The SMILES string of the molecule is [NH4+].[O-]/N=[N+](\[O-])c1ccc2ccccc2c1. The van der Waals surface area contributed by atoms with E-state index in [4.69, 9.17) is 0 Å². The first-order valence-electron chi connectivity index (χ1n) is 4.10. The first kappa shape index (κ1) is 10.9. The van der Waals surface area contributed by atoms with Gasteiger partial charge in [-0.25, -0.2) is 0 Å². The predicted octanol–water partition coefficient (Wildman–Crippen LogP) is 3.31. The molecule has 15 heavy (non-hydrogen) atoms. The number of hydrogen-bond acceptors (Lipinski definition) is 3. The van der Waals surface area contributed by atoms with Gasteiger partial charge in [0.15, 0.2) is 0 Å². The molecule has 5 nitrogen and oxygen atoms in total. The molecule has 5 heteroatoms. The predicted molar refractivity (Wildman–Crippen MR) is 59.0 cm³/mol. The second-order valence-corrected chi connectivity index (χ2v) is 2.89. The van der Waals surface area contributed by atoms with E-state index >= 15 is 0 Å². The molecule has 0 aliphatic rings. The molecule has 0 radical (unpaired) electrons. The Morgan fingerprint density at radius 2 is 1.67 bits per heavy atom.